The van der Waals surface area contributed by atoms with Crippen LogP contribution >= 0.6 is 0 Å². The van der Waals surface area contributed by atoms with Gasteiger partial charge < -0.3 is 19.0 Å². The van der Waals surface area contributed by atoms with Crippen LogP contribution in [0.2, 0.25) is 18.1 Å². The summed E-state index contributed by atoms with van der Waals surface area (Å²) < 4.78 is 18.4. The second-order valence-electron chi connectivity index (χ2n) is 8.56. The summed E-state index contributed by atoms with van der Waals surface area (Å²) in [7, 11) is -1.97. The monoisotopic (exact) mass is 362 g/mol. The number of rotatable bonds is 3. The molecule has 1 heterocycles. The molecule has 2 aliphatic rings. The maximum Gasteiger partial charge on any atom is 0.193 e. The van der Waals surface area contributed by atoms with Crippen LogP contribution in [0.25, 0.3) is 0 Å². The van der Waals surface area contributed by atoms with E-state index in [-0.39, 0.29) is 23.2 Å². The average Bonchev–Trinajstić information content (AvgIpc) is 2.57. The van der Waals surface area contributed by atoms with Gasteiger partial charge in [0.1, 0.15) is 6.10 Å². The van der Waals surface area contributed by atoms with Gasteiger partial charge in [0.2, 0.25) is 0 Å². The summed E-state index contributed by atoms with van der Waals surface area (Å²) in [6.45, 7) is 11.6. The van der Waals surface area contributed by atoms with Crippen LogP contribution in [0.4, 0.5) is 0 Å². The molecule has 0 amide bonds. The van der Waals surface area contributed by atoms with Crippen molar-refractivity contribution in [2.45, 2.75) is 63.5 Å². The van der Waals surface area contributed by atoms with E-state index in [1.54, 1.807) is 0 Å². The standard InChI is InChI=1S/C20H30O4Si/c1-20(2,3)25(4,5)24-16-12-11-15-13-22-19(23-18(15)17(16)21)14-9-7-6-8-10-14/h6-12,15-19,21H,13H2,1-5H3/t15-,16+,17-,18-,19?/m1/s1. The minimum atomic E-state index is -1.97. The van der Waals surface area contributed by atoms with Crippen molar-refractivity contribution < 1.29 is 19.0 Å². The van der Waals surface area contributed by atoms with E-state index in [1.165, 1.54) is 0 Å². The molecule has 5 heteroatoms. The predicted molar refractivity (Wildman–Crippen MR) is 101 cm³/mol. The van der Waals surface area contributed by atoms with Gasteiger partial charge in [-0.15, -0.1) is 0 Å². The first-order chi connectivity index (χ1) is 11.7. The van der Waals surface area contributed by atoms with Crippen molar-refractivity contribution in [2.75, 3.05) is 6.61 Å². The highest BCUT2D eigenvalue weighted by atomic mass is 28.4. The molecule has 1 fully saturated rings. The van der Waals surface area contributed by atoms with E-state index in [1.807, 2.05) is 36.4 Å². The lowest BCUT2D eigenvalue weighted by molar-refractivity contribution is -0.262. The molecule has 0 aromatic heterocycles. The number of benzene rings is 1. The first-order valence-corrected chi connectivity index (χ1v) is 12.0. The molecule has 5 atom stereocenters. The average molecular weight is 363 g/mol. The van der Waals surface area contributed by atoms with Gasteiger partial charge in [0.25, 0.3) is 0 Å². The first kappa shape index (κ1) is 18.8. The maximum absolute atomic E-state index is 10.9. The Kier molecular flexibility index (Phi) is 5.24. The fraction of sp³-hybridized carbons (Fsp3) is 0.600. The van der Waals surface area contributed by atoms with Crippen molar-refractivity contribution in [3.05, 3.63) is 48.0 Å². The van der Waals surface area contributed by atoms with Crippen molar-refractivity contribution in [3.63, 3.8) is 0 Å². The van der Waals surface area contributed by atoms with Gasteiger partial charge in [-0.25, -0.2) is 0 Å². The summed E-state index contributed by atoms with van der Waals surface area (Å²) in [5, 5.41) is 11.0. The van der Waals surface area contributed by atoms with E-state index in [2.05, 4.69) is 39.9 Å². The minimum absolute atomic E-state index is 0.0641. The summed E-state index contributed by atoms with van der Waals surface area (Å²) in [5.74, 6) is 0.0641. The predicted octanol–water partition coefficient (Wildman–Crippen LogP) is 4.04. The normalized spacial score (nSPS) is 33.1. The van der Waals surface area contributed by atoms with Crippen molar-refractivity contribution in [1.29, 1.82) is 0 Å². The van der Waals surface area contributed by atoms with Gasteiger partial charge in [-0.1, -0.05) is 63.3 Å². The molecule has 1 N–H and O–H groups in total. The Balaban J connectivity index is 1.74. The lowest BCUT2D eigenvalue weighted by atomic mass is 9.88. The third-order valence-electron chi connectivity index (χ3n) is 5.67. The van der Waals surface area contributed by atoms with Gasteiger partial charge in [-0.05, 0) is 18.1 Å². The number of aliphatic hydroxyl groups excluding tert-OH is 1. The molecule has 25 heavy (non-hydrogen) atoms. The molecule has 1 saturated heterocycles. The minimum Gasteiger partial charge on any atom is -0.408 e. The Labute approximate surface area is 151 Å². The summed E-state index contributed by atoms with van der Waals surface area (Å²) in [5.41, 5.74) is 0.976. The second-order valence-corrected chi connectivity index (χ2v) is 13.3. The van der Waals surface area contributed by atoms with Crippen molar-refractivity contribution >= 4 is 8.32 Å². The van der Waals surface area contributed by atoms with E-state index in [0.717, 1.165) is 5.56 Å². The Morgan fingerprint density at radius 3 is 2.44 bits per heavy atom. The lowest BCUT2D eigenvalue weighted by Crippen LogP contribution is -2.54. The quantitative estimate of drug-likeness (QED) is 0.651. The molecule has 3 rings (SSSR count). The molecule has 1 aromatic carbocycles. The van der Waals surface area contributed by atoms with Crippen LogP contribution in [0.3, 0.4) is 0 Å². The first-order valence-electron chi connectivity index (χ1n) is 9.05. The SMILES string of the molecule is CC(C)(C)[Si](C)(C)O[C@H]1C=C[C@@H]2COC(c3ccccc3)O[C@H]2[C@@H]1O. The molecule has 4 nitrogen and oxygen atoms in total. The van der Waals surface area contributed by atoms with Crippen LogP contribution in [0.15, 0.2) is 42.5 Å². The Bertz CT molecular complexity index is 608. The number of hydrogen-bond acceptors (Lipinski definition) is 4. The molecular weight excluding hydrogens is 332 g/mol. The fourth-order valence-electron chi connectivity index (χ4n) is 3.04. The third-order valence-corrected chi connectivity index (χ3v) is 10.1. The molecule has 1 unspecified atom stereocenters. The van der Waals surface area contributed by atoms with Crippen LogP contribution in [-0.4, -0.2) is 38.3 Å². The van der Waals surface area contributed by atoms with Crippen LogP contribution < -0.4 is 0 Å². The van der Waals surface area contributed by atoms with Gasteiger partial charge in [-0.3, -0.25) is 0 Å². The zero-order valence-electron chi connectivity index (χ0n) is 15.8. The van der Waals surface area contributed by atoms with Gasteiger partial charge in [0.15, 0.2) is 14.6 Å². The summed E-state index contributed by atoms with van der Waals surface area (Å²) in [4.78, 5) is 0. The molecule has 1 aliphatic heterocycles. The van der Waals surface area contributed by atoms with Crippen LogP contribution in [0, 0.1) is 5.92 Å². The molecule has 0 radical (unpaired) electrons. The highest BCUT2D eigenvalue weighted by molar-refractivity contribution is 6.74. The second kappa shape index (κ2) is 6.97. The van der Waals surface area contributed by atoms with Gasteiger partial charge >= 0.3 is 0 Å². The van der Waals surface area contributed by atoms with Crippen molar-refractivity contribution in [3.8, 4) is 0 Å². The number of hydrogen-bond donors (Lipinski definition) is 1. The number of aliphatic hydroxyl groups is 1. The van der Waals surface area contributed by atoms with E-state index in [0.29, 0.717) is 6.61 Å². The summed E-state index contributed by atoms with van der Waals surface area (Å²) >= 11 is 0. The molecule has 1 aliphatic carbocycles. The van der Waals surface area contributed by atoms with E-state index >= 15 is 0 Å². The van der Waals surface area contributed by atoms with E-state index < -0.39 is 20.7 Å². The lowest BCUT2D eigenvalue weighted by Gasteiger charge is -2.45. The number of fused-ring (bicyclic) bond motifs is 1. The molecule has 0 saturated carbocycles. The van der Waals surface area contributed by atoms with Crippen molar-refractivity contribution in [1.82, 2.24) is 0 Å². The summed E-state index contributed by atoms with van der Waals surface area (Å²) in [6.07, 6.45) is 2.32. The van der Waals surface area contributed by atoms with E-state index in [9.17, 15) is 5.11 Å². The van der Waals surface area contributed by atoms with Gasteiger partial charge in [0.05, 0.1) is 18.8 Å². The van der Waals surface area contributed by atoms with Gasteiger partial charge in [-0.2, -0.15) is 0 Å². The topological polar surface area (TPSA) is 47.9 Å². The smallest absolute Gasteiger partial charge is 0.193 e. The van der Waals surface area contributed by atoms with Crippen LogP contribution in [-0.2, 0) is 13.9 Å². The van der Waals surface area contributed by atoms with Gasteiger partial charge in [0, 0.05) is 11.5 Å². The highest BCUT2D eigenvalue weighted by Crippen LogP contribution is 2.40. The molecule has 0 bridgehead atoms. The zero-order chi connectivity index (χ0) is 18.2. The Morgan fingerprint density at radius 1 is 1.12 bits per heavy atom. The molecule has 0 spiro atoms. The number of ether oxygens (including phenoxy) is 2. The molecular formula is C20H30O4Si. The van der Waals surface area contributed by atoms with Crippen LogP contribution in [0.5, 0.6) is 0 Å². The summed E-state index contributed by atoms with van der Waals surface area (Å²) in [6, 6.07) is 9.87. The highest BCUT2D eigenvalue weighted by Gasteiger charge is 2.46. The van der Waals surface area contributed by atoms with E-state index in [4.69, 9.17) is 13.9 Å². The fourth-order valence-corrected chi connectivity index (χ4v) is 4.29. The Morgan fingerprint density at radius 2 is 1.80 bits per heavy atom. The molecule has 138 valence electrons. The molecule has 1 aromatic rings. The maximum atomic E-state index is 10.9. The zero-order valence-corrected chi connectivity index (χ0v) is 16.8. The Hall–Kier alpha value is -0.983. The van der Waals surface area contributed by atoms with Crippen LogP contribution in [0.1, 0.15) is 32.6 Å². The van der Waals surface area contributed by atoms with Crippen molar-refractivity contribution in [2.24, 2.45) is 5.92 Å². The largest absolute Gasteiger partial charge is 0.408 e. The third kappa shape index (κ3) is 3.91.